The minimum atomic E-state index is 0.696. The van der Waals surface area contributed by atoms with E-state index in [1.54, 1.807) is 0 Å². The Morgan fingerprint density at radius 3 is 2.78 bits per heavy atom. The lowest BCUT2D eigenvalue weighted by atomic mass is 9.88. The fourth-order valence-electron chi connectivity index (χ4n) is 2.51. The Morgan fingerprint density at radius 1 is 1.39 bits per heavy atom. The molecule has 0 spiro atoms. The molecule has 18 heavy (non-hydrogen) atoms. The molecule has 1 heterocycles. The van der Waals surface area contributed by atoms with E-state index in [4.69, 9.17) is 0 Å². The van der Waals surface area contributed by atoms with Gasteiger partial charge in [-0.25, -0.2) is 0 Å². The highest BCUT2D eigenvalue weighted by Crippen LogP contribution is 2.29. The molecule has 2 rings (SSSR count). The summed E-state index contributed by atoms with van der Waals surface area (Å²) in [4.78, 5) is 2.36. The van der Waals surface area contributed by atoms with Crippen molar-refractivity contribution in [1.29, 1.82) is 5.26 Å². The topological polar surface area (TPSA) is 27.0 Å². The van der Waals surface area contributed by atoms with Crippen molar-refractivity contribution in [3.8, 4) is 6.07 Å². The highest BCUT2D eigenvalue weighted by atomic mass is 79.9. The Labute approximate surface area is 118 Å². The van der Waals surface area contributed by atoms with Crippen molar-refractivity contribution in [2.45, 2.75) is 25.6 Å². The summed E-state index contributed by atoms with van der Waals surface area (Å²) in [6, 6.07) is 8.52. The molecule has 3 heteroatoms. The molecule has 0 saturated carbocycles. The zero-order valence-corrected chi connectivity index (χ0v) is 12.6. The molecule has 0 amide bonds. The molecule has 1 aliphatic heterocycles. The Hall–Kier alpha value is -1.01. The average molecular weight is 307 g/mol. The number of rotatable bonds is 2. The number of halogens is 1. The quantitative estimate of drug-likeness (QED) is 0.774. The van der Waals surface area contributed by atoms with E-state index in [0.29, 0.717) is 5.92 Å². The normalized spacial score (nSPS) is 23.8. The van der Waals surface area contributed by atoms with Gasteiger partial charge in [-0.05, 0) is 36.0 Å². The Bertz CT molecular complexity index is 464. The molecule has 2 unspecified atom stereocenters. The van der Waals surface area contributed by atoms with Crippen LogP contribution in [0.3, 0.4) is 0 Å². The van der Waals surface area contributed by atoms with Crippen molar-refractivity contribution in [2.75, 3.05) is 18.0 Å². The van der Waals surface area contributed by atoms with Gasteiger partial charge < -0.3 is 4.90 Å². The van der Waals surface area contributed by atoms with Crippen LogP contribution in [0.5, 0.6) is 0 Å². The number of hydrogen-bond acceptors (Lipinski definition) is 2. The maximum Gasteiger partial charge on any atom is 0.101 e. The smallest absolute Gasteiger partial charge is 0.101 e. The second kappa shape index (κ2) is 5.75. The summed E-state index contributed by atoms with van der Waals surface area (Å²) in [7, 11) is 0. The summed E-state index contributed by atoms with van der Waals surface area (Å²) in [6.45, 7) is 6.74. The van der Waals surface area contributed by atoms with Gasteiger partial charge >= 0.3 is 0 Å². The second-order valence-electron chi connectivity index (χ2n) is 5.29. The summed E-state index contributed by atoms with van der Waals surface area (Å²) in [5.74, 6) is 1.48. The van der Waals surface area contributed by atoms with Crippen molar-refractivity contribution in [1.82, 2.24) is 0 Å². The van der Waals surface area contributed by atoms with Gasteiger partial charge in [0.2, 0.25) is 0 Å². The SMILES string of the molecule is CC1CCN(c2ccc(CBr)cc2C#N)CC1C. The lowest BCUT2D eigenvalue weighted by molar-refractivity contribution is 0.324. The fraction of sp³-hybridized carbons (Fsp3) is 0.533. The third-order valence-corrected chi connectivity index (χ3v) is 4.66. The highest BCUT2D eigenvalue weighted by molar-refractivity contribution is 9.08. The maximum absolute atomic E-state index is 9.29. The molecule has 1 aromatic carbocycles. The molecule has 2 atom stereocenters. The molecule has 96 valence electrons. The van der Waals surface area contributed by atoms with Gasteiger partial charge in [-0.1, -0.05) is 35.8 Å². The summed E-state index contributed by atoms with van der Waals surface area (Å²) in [5, 5.41) is 10.1. The van der Waals surface area contributed by atoms with Crippen LogP contribution in [0.2, 0.25) is 0 Å². The van der Waals surface area contributed by atoms with Crippen LogP contribution in [-0.4, -0.2) is 13.1 Å². The van der Waals surface area contributed by atoms with E-state index >= 15 is 0 Å². The lowest BCUT2D eigenvalue weighted by Crippen LogP contribution is -2.38. The van der Waals surface area contributed by atoms with Crippen LogP contribution in [0.1, 0.15) is 31.4 Å². The summed E-state index contributed by atoms with van der Waals surface area (Å²) in [6.07, 6.45) is 1.21. The molecular weight excluding hydrogens is 288 g/mol. The number of nitriles is 1. The maximum atomic E-state index is 9.29. The van der Waals surface area contributed by atoms with Crippen molar-refractivity contribution in [3.05, 3.63) is 29.3 Å². The minimum absolute atomic E-state index is 0.696. The Kier molecular flexibility index (Phi) is 4.29. The predicted molar refractivity (Wildman–Crippen MR) is 78.9 cm³/mol. The molecule has 2 nitrogen and oxygen atoms in total. The number of alkyl halides is 1. The Balaban J connectivity index is 2.26. The average Bonchev–Trinajstić information content (AvgIpc) is 2.41. The number of piperidine rings is 1. The lowest BCUT2D eigenvalue weighted by Gasteiger charge is -2.37. The first-order chi connectivity index (χ1) is 8.65. The number of hydrogen-bond donors (Lipinski definition) is 0. The first-order valence-corrected chi connectivity index (χ1v) is 7.61. The molecule has 1 fully saturated rings. The van der Waals surface area contributed by atoms with Gasteiger partial charge in [0.05, 0.1) is 11.3 Å². The van der Waals surface area contributed by atoms with Crippen LogP contribution in [0.25, 0.3) is 0 Å². The third-order valence-electron chi connectivity index (χ3n) is 4.01. The van der Waals surface area contributed by atoms with Crippen LogP contribution in [0.4, 0.5) is 5.69 Å². The molecule has 1 aromatic rings. The predicted octanol–water partition coefficient (Wildman–Crippen LogP) is 3.94. The summed E-state index contributed by atoms with van der Waals surface area (Å²) in [5.41, 5.74) is 3.06. The molecule has 1 aliphatic rings. The molecular formula is C15H19BrN2. The van der Waals surface area contributed by atoms with Gasteiger partial charge in [-0.2, -0.15) is 5.26 Å². The number of benzene rings is 1. The third kappa shape index (κ3) is 2.70. The highest BCUT2D eigenvalue weighted by Gasteiger charge is 2.24. The van der Waals surface area contributed by atoms with E-state index in [9.17, 15) is 5.26 Å². The summed E-state index contributed by atoms with van der Waals surface area (Å²) < 4.78 is 0. The molecule has 0 aliphatic carbocycles. The largest absolute Gasteiger partial charge is 0.370 e. The standard InChI is InChI=1S/C15H19BrN2/c1-11-5-6-18(10-12(11)2)15-4-3-13(8-16)7-14(15)9-17/h3-4,7,11-12H,5-6,8,10H2,1-2H3. The van der Waals surface area contributed by atoms with E-state index in [1.807, 2.05) is 6.07 Å². The van der Waals surface area contributed by atoms with Crippen molar-refractivity contribution in [2.24, 2.45) is 11.8 Å². The number of anilines is 1. The van der Waals surface area contributed by atoms with Gasteiger partial charge in [0.1, 0.15) is 6.07 Å². The Morgan fingerprint density at radius 2 is 2.17 bits per heavy atom. The molecule has 0 bridgehead atoms. The van der Waals surface area contributed by atoms with E-state index < -0.39 is 0 Å². The first-order valence-electron chi connectivity index (χ1n) is 6.49. The van der Waals surface area contributed by atoms with Crippen LogP contribution >= 0.6 is 15.9 Å². The van der Waals surface area contributed by atoms with E-state index in [-0.39, 0.29) is 0 Å². The molecule has 0 radical (unpaired) electrons. The fourth-order valence-corrected chi connectivity index (χ4v) is 2.86. The zero-order valence-electron chi connectivity index (χ0n) is 11.0. The van der Waals surface area contributed by atoms with Gasteiger partial charge in [0.15, 0.2) is 0 Å². The van der Waals surface area contributed by atoms with Crippen LogP contribution in [0, 0.1) is 23.2 Å². The van der Waals surface area contributed by atoms with Gasteiger partial charge in [0.25, 0.3) is 0 Å². The van der Waals surface area contributed by atoms with Crippen molar-refractivity contribution in [3.63, 3.8) is 0 Å². The summed E-state index contributed by atoms with van der Waals surface area (Å²) >= 11 is 3.44. The van der Waals surface area contributed by atoms with Crippen LogP contribution in [0.15, 0.2) is 18.2 Å². The number of nitrogens with zero attached hydrogens (tertiary/aromatic N) is 2. The zero-order chi connectivity index (χ0) is 13.1. The minimum Gasteiger partial charge on any atom is -0.370 e. The van der Waals surface area contributed by atoms with Gasteiger partial charge in [-0.15, -0.1) is 0 Å². The monoisotopic (exact) mass is 306 g/mol. The molecule has 1 saturated heterocycles. The second-order valence-corrected chi connectivity index (χ2v) is 5.85. The van der Waals surface area contributed by atoms with E-state index in [1.165, 1.54) is 6.42 Å². The van der Waals surface area contributed by atoms with Crippen molar-refractivity contribution >= 4 is 21.6 Å². The van der Waals surface area contributed by atoms with E-state index in [2.05, 4.69) is 52.9 Å². The van der Waals surface area contributed by atoms with Crippen LogP contribution in [-0.2, 0) is 5.33 Å². The molecule has 0 N–H and O–H groups in total. The van der Waals surface area contributed by atoms with Gasteiger partial charge in [0, 0.05) is 18.4 Å². The van der Waals surface area contributed by atoms with Crippen molar-refractivity contribution < 1.29 is 0 Å². The van der Waals surface area contributed by atoms with E-state index in [0.717, 1.165) is 41.2 Å². The van der Waals surface area contributed by atoms with Crippen LogP contribution < -0.4 is 4.90 Å². The van der Waals surface area contributed by atoms with Gasteiger partial charge in [-0.3, -0.25) is 0 Å². The molecule has 0 aromatic heterocycles. The first kappa shape index (κ1) is 13.4.